The Hall–Kier alpha value is -2.48. The molecule has 0 spiro atoms. The van der Waals surface area contributed by atoms with Crippen molar-refractivity contribution in [1.29, 1.82) is 0 Å². The van der Waals surface area contributed by atoms with Crippen LogP contribution in [0.3, 0.4) is 0 Å². The summed E-state index contributed by atoms with van der Waals surface area (Å²) in [4.78, 5) is 11.2. The second-order valence-electron chi connectivity index (χ2n) is 6.69. The van der Waals surface area contributed by atoms with Crippen molar-refractivity contribution in [2.75, 3.05) is 13.1 Å². The zero-order valence-electron chi connectivity index (χ0n) is 14.4. The molecular formula is C17H21N5O3. The Morgan fingerprint density at radius 1 is 1.16 bits per heavy atom. The first-order valence-electron chi connectivity index (χ1n) is 8.61. The zero-order valence-corrected chi connectivity index (χ0v) is 14.4. The summed E-state index contributed by atoms with van der Waals surface area (Å²) in [6, 6.07) is 3.60. The van der Waals surface area contributed by atoms with Crippen LogP contribution >= 0.6 is 0 Å². The van der Waals surface area contributed by atoms with Crippen molar-refractivity contribution >= 4 is 0 Å². The molecule has 4 rings (SSSR count). The van der Waals surface area contributed by atoms with Crippen LogP contribution < -0.4 is 0 Å². The van der Waals surface area contributed by atoms with Crippen LogP contribution in [0.25, 0.3) is 11.7 Å². The summed E-state index contributed by atoms with van der Waals surface area (Å²) < 4.78 is 16.0. The lowest BCUT2D eigenvalue weighted by Gasteiger charge is -2.29. The quantitative estimate of drug-likeness (QED) is 0.697. The molecule has 3 aromatic rings. The molecule has 25 heavy (non-hydrogen) atoms. The Bertz CT molecular complexity index is 800. The average Bonchev–Trinajstić information content (AvgIpc) is 3.36. The van der Waals surface area contributed by atoms with Gasteiger partial charge in [-0.05, 0) is 38.1 Å². The third-order valence-corrected chi connectivity index (χ3v) is 4.48. The number of piperidine rings is 1. The molecule has 0 amide bonds. The van der Waals surface area contributed by atoms with Crippen LogP contribution in [0.4, 0.5) is 0 Å². The first-order chi connectivity index (χ1) is 12.2. The molecule has 0 radical (unpaired) electrons. The largest absolute Gasteiger partial charge is 0.459 e. The maximum Gasteiger partial charge on any atom is 0.293 e. The van der Waals surface area contributed by atoms with Gasteiger partial charge in [-0.2, -0.15) is 9.97 Å². The number of hydrogen-bond acceptors (Lipinski definition) is 8. The lowest BCUT2D eigenvalue weighted by atomic mass is 9.97. The highest BCUT2D eigenvalue weighted by Gasteiger charge is 2.26. The highest BCUT2D eigenvalue weighted by Crippen LogP contribution is 2.28. The topological polar surface area (TPSA) is 94.2 Å². The van der Waals surface area contributed by atoms with Crippen molar-refractivity contribution in [3.8, 4) is 11.7 Å². The fourth-order valence-electron chi connectivity index (χ4n) is 3.00. The van der Waals surface area contributed by atoms with E-state index in [2.05, 4.69) is 39.0 Å². The monoisotopic (exact) mass is 343 g/mol. The second kappa shape index (κ2) is 6.79. The van der Waals surface area contributed by atoms with Crippen LogP contribution in [0.2, 0.25) is 0 Å². The van der Waals surface area contributed by atoms with Gasteiger partial charge in [0.05, 0.1) is 12.8 Å². The lowest BCUT2D eigenvalue weighted by Crippen LogP contribution is -2.32. The third-order valence-electron chi connectivity index (χ3n) is 4.48. The molecule has 0 N–H and O–H groups in total. The van der Waals surface area contributed by atoms with E-state index in [1.54, 1.807) is 18.4 Å². The van der Waals surface area contributed by atoms with E-state index in [1.165, 1.54) is 0 Å². The predicted molar refractivity (Wildman–Crippen MR) is 87.6 cm³/mol. The van der Waals surface area contributed by atoms with E-state index in [0.717, 1.165) is 37.6 Å². The van der Waals surface area contributed by atoms with Crippen molar-refractivity contribution in [3.05, 3.63) is 35.9 Å². The molecule has 0 unspecified atom stereocenters. The minimum absolute atomic E-state index is 0.291. The summed E-state index contributed by atoms with van der Waals surface area (Å²) >= 11 is 0. The van der Waals surface area contributed by atoms with Gasteiger partial charge in [0, 0.05) is 11.8 Å². The van der Waals surface area contributed by atoms with E-state index in [-0.39, 0.29) is 0 Å². The van der Waals surface area contributed by atoms with Crippen molar-refractivity contribution in [1.82, 2.24) is 25.2 Å². The Morgan fingerprint density at radius 3 is 2.68 bits per heavy atom. The van der Waals surface area contributed by atoms with Crippen molar-refractivity contribution < 1.29 is 13.5 Å². The van der Waals surface area contributed by atoms with Gasteiger partial charge in [0.25, 0.3) is 5.89 Å². The SMILES string of the molecule is CC(C)c1noc(C2CCN(Cc3noc(-c4ccco4)n3)CC2)n1. The van der Waals surface area contributed by atoms with E-state index in [1.807, 2.05) is 0 Å². The zero-order chi connectivity index (χ0) is 17.2. The molecule has 1 saturated heterocycles. The van der Waals surface area contributed by atoms with Gasteiger partial charge in [-0.15, -0.1) is 0 Å². The van der Waals surface area contributed by atoms with Gasteiger partial charge in [-0.1, -0.05) is 24.2 Å². The predicted octanol–water partition coefficient (Wildman–Crippen LogP) is 3.22. The van der Waals surface area contributed by atoms with Crippen molar-refractivity contribution in [2.24, 2.45) is 0 Å². The number of hydrogen-bond donors (Lipinski definition) is 0. The summed E-state index contributed by atoms with van der Waals surface area (Å²) in [6.07, 6.45) is 3.57. The molecule has 0 saturated carbocycles. The Balaban J connectivity index is 1.33. The number of likely N-dealkylation sites (tertiary alicyclic amines) is 1. The fourth-order valence-corrected chi connectivity index (χ4v) is 3.00. The van der Waals surface area contributed by atoms with E-state index >= 15 is 0 Å². The molecule has 132 valence electrons. The smallest absolute Gasteiger partial charge is 0.293 e. The van der Waals surface area contributed by atoms with Crippen LogP contribution in [0.5, 0.6) is 0 Å². The van der Waals surface area contributed by atoms with Gasteiger partial charge in [-0.25, -0.2) is 0 Å². The van der Waals surface area contributed by atoms with Gasteiger partial charge < -0.3 is 13.5 Å². The number of nitrogens with zero attached hydrogens (tertiary/aromatic N) is 5. The molecule has 1 aliphatic heterocycles. The van der Waals surface area contributed by atoms with Gasteiger partial charge in [0.1, 0.15) is 0 Å². The van der Waals surface area contributed by atoms with Crippen molar-refractivity contribution in [3.63, 3.8) is 0 Å². The minimum atomic E-state index is 0.291. The standard InChI is InChI=1S/C17H21N5O3/c1-11(2)15-19-16(24-21-15)12-5-7-22(8-6-12)10-14-18-17(25-20-14)13-4-3-9-23-13/h3-4,9,11-12H,5-8,10H2,1-2H3. The van der Waals surface area contributed by atoms with Crippen LogP contribution in [0.1, 0.15) is 56.1 Å². The van der Waals surface area contributed by atoms with Crippen LogP contribution in [0, 0.1) is 0 Å². The molecule has 4 heterocycles. The summed E-state index contributed by atoms with van der Waals surface area (Å²) in [7, 11) is 0. The Labute approximate surface area is 145 Å². The van der Waals surface area contributed by atoms with Crippen LogP contribution in [-0.4, -0.2) is 38.3 Å². The molecule has 0 aromatic carbocycles. The molecule has 8 nitrogen and oxygen atoms in total. The molecule has 1 fully saturated rings. The van der Waals surface area contributed by atoms with Gasteiger partial charge in [-0.3, -0.25) is 4.90 Å². The second-order valence-corrected chi connectivity index (χ2v) is 6.69. The molecule has 1 aliphatic rings. The molecule has 0 bridgehead atoms. The summed E-state index contributed by atoms with van der Waals surface area (Å²) in [5, 5.41) is 8.10. The molecule has 3 aromatic heterocycles. The third kappa shape index (κ3) is 3.48. The summed E-state index contributed by atoms with van der Waals surface area (Å²) in [5.74, 6) is 3.86. The number of aromatic nitrogens is 4. The van der Waals surface area contributed by atoms with E-state index in [4.69, 9.17) is 13.5 Å². The molecule has 8 heteroatoms. The maximum absolute atomic E-state index is 5.43. The first kappa shape index (κ1) is 16.0. The first-order valence-corrected chi connectivity index (χ1v) is 8.61. The molecule has 0 aliphatic carbocycles. The van der Waals surface area contributed by atoms with E-state index in [0.29, 0.717) is 35.9 Å². The number of rotatable bonds is 5. The van der Waals surface area contributed by atoms with Crippen molar-refractivity contribution in [2.45, 2.75) is 45.1 Å². The highest BCUT2D eigenvalue weighted by molar-refractivity contribution is 5.42. The minimum Gasteiger partial charge on any atom is -0.459 e. The van der Waals surface area contributed by atoms with E-state index < -0.39 is 0 Å². The average molecular weight is 343 g/mol. The normalized spacial score (nSPS) is 16.8. The lowest BCUT2D eigenvalue weighted by molar-refractivity contribution is 0.182. The fraction of sp³-hybridized carbons (Fsp3) is 0.529. The summed E-state index contributed by atoms with van der Waals surface area (Å²) in [6.45, 7) is 6.68. The van der Waals surface area contributed by atoms with Crippen LogP contribution in [-0.2, 0) is 6.54 Å². The van der Waals surface area contributed by atoms with E-state index in [9.17, 15) is 0 Å². The Kier molecular flexibility index (Phi) is 4.35. The number of furan rings is 1. The van der Waals surface area contributed by atoms with Gasteiger partial charge in [0.15, 0.2) is 17.4 Å². The Morgan fingerprint density at radius 2 is 2.00 bits per heavy atom. The highest BCUT2D eigenvalue weighted by atomic mass is 16.5. The molecular weight excluding hydrogens is 322 g/mol. The maximum atomic E-state index is 5.43. The van der Waals surface area contributed by atoms with Crippen LogP contribution in [0.15, 0.2) is 31.9 Å². The summed E-state index contributed by atoms with van der Waals surface area (Å²) in [5.41, 5.74) is 0. The van der Waals surface area contributed by atoms with Gasteiger partial charge in [0.2, 0.25) is 5.89 Å². The van der Waals surface area contributed by atoms with Gasteiger partial charge >= 0.3 is 0 Å². The molecule has 0 atom stereocenters.